The first-order valence-electron chi connectivity index (χ1n) is 12.1. The van der Waals surface area contributed by atoms with E-state index in [1.54, 1.807) is 42.5 Å². The van der Waals surface area contributed by atoms with Gasteiger partial charge in [-0.25, -0.2) is 31.5 Å². The van der Waals surface area contributed by atoms with Crippen LogP contribution in [0.3, 0.4) is 0 Å². The zero-order valence-corrected chi connectivity index (χ0v) is 23.3. The molecule has 11 nitrogen and oxygen atoms in total. The molecule has 0 aliphatic heterocycles. The summed E-state index contributed by atoms with van der Waals surface area (Å²) in [4.78, 5) is 20.7. The highest BCUT2D eigenvalue weighted by Gasteiger charge is 2.27. The Bertz CT molecular complexity index is 1660. The zero-order chi connectivity index (χ0) is 28.8. The van der Waals surface area contributed by atoms with Gasteiger partial charge in [-0.2, -0.15) is 0 Å². The lowest BCUT2D eigenvalue weighted by atomic mass is 10.2. The number of anilines is 3. The van der Waals surface area contributed by atoms with E-state index in [0.29, 0.717) is 12.4 Å². The van der Waals surface area contributed by atoms with Gasteiger partial charge in [-0.1, -0.05) is 17.7 Å². The first kappa shape index (κ1) is 28.5. The second kappa shape index (κ2) is 12.1. The second-order valence-corrected chi connectivity index (χ2v) is 12.0. The van der Waals surface area contributed by atoms with Crippen LogP contribution >= 0.6 is 0 Å². The highest BCUT2D eigenvalue weighted by atomic mass is 32.2. The third-order valence-electron chi connectivity index (χ3n) is 5.57. The molecule has 0 bridgehead atoms. The van der Waals surface area contributed by atoms with Gasteiger partial charge in [0.25, 0.3) is 20.0 Å². The van der Waals surface area contributed by atoms with Crippen molar-refractivity contribution in [2.24, 2.45) is 0 Å². The summed E-state index contributed by atoms with van der Waals surface area (Å²) in [6, 6.07) is 19.7. The van der Waals surface area contributed by atoms with Crippen LogP contribution in [-0.4, -0.2) is 45.9 Å². The van der Waals surface area contributed by atoms with Gasteiger partial charge >= 0.3 is 0 Å². The molecule has 1 aromatic heterocycles. The third kappa shape index (κ3) is 6.93. The zero-order valence-electron chi connectivity index (χ0n) is 21.7. The molecule has 0 aliphatic carbocycles. The van der Waals surface area contributed by atoms with Crippen LogP contribution in [-0.2, 0) is 24.8 Å². The second-order valence-electron chi connectivity index (χ2n) is 8.50. The number of carbonyl (C=O) groups is 1. The number of amides is 1. The van der Waals surface area contributed by atoms with E-state index in [1.807, 2.05) is 13.8 Å². The number of nitrogens with zero attached hydrogens (tertiary/aromatic N) is 3. The van der Waals surface area contributed by atoms with Gasteiger partial charge in [0.1, 0.15) is 12.3 Å². The Kier molecular flexibility index (Phi) is 8.65. The summed E-state index contributed by atoms with van der Waals surface area (Å²) < 4.78 is 61.1. The monoisotopic (exact) mass is 581 g/mol. The number of sulfonamides is 2. The van der Waals surface area contributed by atoms with E-state index in [-0.39, 0.29) is 27.1 Å². The molecule has 208 valence electrons. The summed E-state index contributed by atoms with van der Waals surface area (Å²) in [5.41, 5.74) is 1.44. The molecule has 3 aromatic carbocycles. The molecule has 4 rings (SSSR count). The van der Waals surface area contributed by atoms with Crippen molar-refractivity contribution < 1.29 is 26.4 Å². The maximum absolute atomic E-state index is 13.6. The van der Waals surface area contributed by atoms with E-state index in [9.17, 15) is 21.6 Å². The molecule has 1 amide bonds. The Morgan fingerprint density at radius 3 is 2.05 bits per heavy atom. The summed E-state index contributed by atoms with van der Waals surface area (Å²) in [6.07, 6.45) is 2.80. The highest BCUT2D eigenvalue weighted by molar-refractivity contribution is 7.93. The van der Waals surface area contributed by atoms with Crippen molar-refractivity contribution in [1.29, 1.82) is 0 Å². The highest BCUT2D eigenvalue weighted by Crippen LogP contribution is 2.26. The molecule has 4 aromatic rings. The summed E-state index contributed by atoms with van der Waals surface area (Å²) in [6.45, 7) is 3.60. The Balaban J connectivity index is 1.54. The minimum absolute atomic E-state index is 0.0317. The Morgan fingerprint density at radius 1 is 0.850 bits per heavy atom. The molecule has 2 N–H and O–H groups in total. The van der Waals surface area contributed by atoms with Crippen molar-refractivity contribution in [3.8, 4) is 5.75 Å². The molecule has 13 heteroatoms. The van der Waals surface area contributed by atoms with Crippen molar-refractivity contribution in [2.75, 3.05) is 27.5 Å². The summed E-state index contributed by atoms with van der Waals surface area (Å²) in [7, 11) is -8.07. The van der Waals surface area contributed by atoms with Crippen LogP contribution < -0.4 is 19.1 Å². The van der Waals surface area contributed by atoms with Gasteiger partial charge in [-0.05, 0) is 80.6 Å². The fourth-order valence-electron chi connectivity index (χ4n) is 3.61. The summed E-state index contributed by atoms with van der Waals surface area (Å²) in [5, 5.41) is 2.63. The van der Waals surface area contributed by atoms with Crippen molar-refractivity contribution >= 4 is 43.3 Å². The summed E-state index contributed by atoms with van der Waals surface area (Å²) >= 11 is 0. The number of benzene rings is 3. The number of aryl methyl sites for hydroxylation is 1. The van der Waals surface area contributed by atoms with E-state index < -0.39 is 32.5 Å². The maximum Gasteiger partial charge on any atom is 0.264 e. The van der Waals surface area contributed by atoms with Gasteiger partial charge in [0.05, 0.1) is 22.1 Å². The maximum atomic E-state index is 13.6. The molecule has 0 fully saturated rings. The molecule has 40 heavy (non-hydrogen) atoms. The van der Waals surface area contributed by atoms with Gasteiger partial charge in [0.15, 0.2) is 0 Å². The standard InChI is InChI=1S/C27H27N5O6S2/c1-3-38-23-11-9-22(10-12-23)32(40(36,37)25-13-5-20(2)6-14-25)19-26(33)30-21-7-15-24(16-8-21)39(34,35)31-27-28-17-4-18-29-27/h4-18H,3,19H2,1-2H3,(H,30,33)(H,28,29,31). The number of nitrogens with one attached hydrogen (secondary N) is 2. The predicted octanol–water partition coefficient (Wildman–Crippen LogP) is 3.82. The molecule has 0 atom stereocenters. The van der Waals surface area contributed by atoms with E-state index in [0.717, 1.165) is 9.87 Å². The first-order chi connectivity index (χ1) is 19.1. The van der Waals surface area contributed by atoms with Crippen LogP contribution in [0, 0.1) is 6.92 Å². The Hall–Kier alpha value is -4.49. The van der Waals surface area contributed by atoms with E-state index in [4.69, 9.17) is 4.74 Å². The lowest BCUT2D eigenvalue weighted by Crippen LogP contribution is -2.38. The number of aromatic nitrogens is 2. The number of carbonyl (C=O) groups excluding carboxylic acids is 1. The molecular weight excluding hydrogens is 554 g/mol. The third-order valence-corrected chi connectivity index (χ3v) is 8.70. The Labute approximate surface area is 233 Å². The molecule has 0 aliphatic rings. The number of ether oxygens (including phenoxy) is 1. The number of rotatable bonds is 11. The quantitative estimate of drug-likeness (QED) is 0.272. The molecule has 0 radical (unpaired) electrons. The lowest BCUT2D eigenvalue weighted by Gasteiger charge is -2.24. The van der Waals surface area contributed by atoms with Gasteiger partial charge in [-0.15, -0.1) is 0 Å². The molecule has 0 saturated heterocycles. The van der Waals surface area contributed by atoms with E-state index >= 15 is 0 Å². The van der Waals surface area contributed by atoms with Crippen LogP contribution in [0.5, 0.6) is 5.75 Å². The normalized spacial score (nSPS) is 11.4. The van der Waals surface area contributed by atoms with Gasteiger partial charge in [0.2, 0.25) is 11.9 Å². The fraction of sp³-hybridized carbons (Fsp3) is 0.148. The minimum Gasteiger partial charge on any atom is -0.494 e. The minimum atomic E-state index is -4.11. The average Bonchev–Trinajstić information content (AvgIpc) is 2.93. The Morgan fingerprint density at radius 2 is 1.45 bits per heavy atom. The molecular formula is C27H27N5O6S2. The SMILES string of the molecule is CCOc1ccc(N(CC(=O)Nc2ccc(S(=O)(=O)Nc3ncccn3)cc2)S(=O)(=O)c2ccc(C)cc2)cc1. The fourth-order valence-corrected chi connectivity index (χ4v) is 5.99. The first-order valence-corrected chi connectivity index (χ1v) is 15.0. The van der Waals surface area contributed by atoms with Crippen LogP contribution in [0.1, 0.15) is 12.5 Å². The van der Waals surface area contributed by atoms with Crippen molar-refractivity contribution in [3.63, 3.8) is 0 Å². The topological polar surface area (TPSA) is 148 Å². The van der Waals surface area contributed by atoms with E-state index in [1.165, 1.54) is 48.8 Å². The number of hydrogen-bond donors (Lipinski definition) is 2. The summed E-state index contributed by atoms with van der Waals surface area (Å²) in [5.74, 6) is -0.147. The molecule has 1 heterocycles. The van der Waals surface area contributed by atoms with E-state index in [2.05, 4.69) is 20.0 Å². The smallest absolute Gasteiger partial charge is 0.264 e. The van der Waals surface area contributed by atoms with Crippen LogP contribution in [0.2, 0.25) is 0 Å². The van der Waals surface area contributed by atoms with Gasteiger partial charge in [0, 0.05) is 18.1 Å². The van der Waals surface area contributed by atoms with Crippen molar-refractivity contribution in [3.05, 3.63) is 96.8 Å². The molecule has 0 saturated carbocycles. The average molecular weight is 582 g/mol. The predicted molar refractivity (Wildman–Crippen MR) is 151 cm³/mol. The van der Waals surface area contributed by atoms with Crippen LogP contribution in [0.25, 0.3) is 0 Å². The largest absolute Gasteiger partial charge is 0.494 e. The lowest BCUT2D eigenvalue weighted by molar-refractivity contribution is -0.114. The number of hydrogen-bond acceptors (Lipinski definition) is 8. The van der Waals surface area contributed by atoms with Crippen molar-refractivity contribution in [1.82, 2.24) is 9.97 Å². The van der Waals surface area contributed by atoms with Crippen molar-refractivity contribution in [2.45, 2.75) is 23.6 Å². The van der Waals surface area contributed by atoms with Gasteiger partial charge < -0.3 is 10.1 Å². The van der Waals surface area contributed by atoms with Crippen LogP contribution in [0.4, 0.5) is 17.3 Å². The molecule has 0 spiro atoms. The van der Waals surface area contributed by atoms with Gasteiger partial charge in [-0.3, -0.25) is 9.10 Å². The van der Waals surface area contributed by atoms with Crippen LogP contribution in [0.15, 0.2) is 101 Å². The molecule has 0 unspecified atom stereocenters.